The molecule has 9 heteroatoms. The van der Waals surface area contributed by atoms with Crippen molar-refractivity contribution in [2.75, 3.05) is 11.9 Å². The van der Waals surface area contributed by atoms with Crippen LogP contribution in [0.1, 0.15) is 53.6 Å². The lowest BCUT2D eigenvalue weighted by molar-refractivity contribution is 0.102. The molecule has 2 aromatic carbocycles. The summed E-state index contributed by atoms with van der Waals surface area (Å²) in [5.74, 6) is -0.0629. The minimum atomic E-state index is -3.58. The summed E-state index contributed by atoms with van der Waals surface area (Å²) >= 11 is 0. The Hall–Kier alpha value is -3.04. The molecule has 8 nitrogen and oxygen atoms in total. The summed E-state index contributed by atoms with van der Waals surface area (Å²) in [6.45, 7) is 4.46. The predicted octanol–water partition coefficient (Wildman–Crippen LogP) is 3.78. The molecule has 1 aromatic heterocycles. The number of piperidine rings is 1. The normalized spacial score (nSPS) is 17.2. The molecule has 0 radical (unpaired) electrons. The number of carbonyl (C=O) groups excluding carboxylic acids is 1. The maximum atomic E-state index is 12.9. The molecule has 0 bridgehead atoms. The highest BCUT2D eigenvalue weighted by molar-refractivity contribution is 7.89. The molecule has 0 spiro atoms. The Morgan fingerprint density at radius 3 is 2.50 bits per heavy atom. The Balaban J connectivity index is 1.41. The van der Waals surface area contributed by atoms with E-state index in [0.717, 1.165) is 30.4 Å². The molecular formula is C23H26N4O4S. The third-order valence-electron chi connectivity index (χ3n) is 5.63. The predicted molar refractivity (Wildman–Crippen MR) is 120 cm³/mol. The quantitative estimate of drug-likeness (QED) is 0.608. The van der Waals surface area contributed by atoms with Gasteiger partial charge in [-0.2, -0.15) is 4.31 Å². The summed E-state index contributed by atoms with van der Waals surface area (Å²) in [5.41, 5.74) is 2.49. The van der Waals surface area contributed by atoms with Crippen LogP contribution in [0.5, 0.6) is 0 Å². The number of benzene rings is 2. The van der Waals surface area contributed by atoms with Gasteiger partial charge < -0.3 is 4.42 Å². The Kier molecular flexibility index (Phi) is 6.38. The molecule has 3 aromatic rings. The van der Waals surface area contributed by atoms with Crippen LogP contribution < -0.4 is 5.32 Å². The summed E-state index contributed by atoms with van der Waals surface area (Å²) in [7, 11) is -3.58. The summed E-state index contributed by atoms with van der Waals surface area (Å²) in [6, 6.07) is 13.8. The van der Waals surface area contributed by atoms with Crippen molar-refractivity contribution >= 4 is 21.9 Å². The molecule has 1 unspecified atom stereocenters. The average Bonchev–Trinajstić information content (AvgIpc) is 3.22. The van der Waals surface area contributed by atoms with Gasteiger partial charge in [-0.25, -0.2) is 8.42 Å². The number of sulfonamides is 1. The van der Waals surface area contributed by atoms with E-state index in [4.69, 9.17) is 4.42 Å². The van der Waals surface area contributed by atoms with Gasteiger partial charge in [-0.3, -0.25) is 10.1 Å². The van der Waals surface area contributed by atoms with E-state index in [0.29, 0.717) is 24.4 Å². The van der Waals surface area contributed by atoms with Crippen LogP contribution in [0.4, 0.5) is 6.01 Å². The largest absolute Gasteiger partial charge is 0.407 e. The monoisotopic (exact) mass is 454 g/mol. The van der Waals surface area contributed by atoms with Crippen molar-refractivity contribution in [1.82, 2.24) is 14.5 Å². The van der Waals surface area contributed by atoms with Gasteiger partial charge in [0, 0.05) is 18.2 Å². The first-order valence-corrected chi connectivity index (χ1v) is 12.1. The Labute approximate surface area is 187 Å². The molecule has 1 aliphatic heterocycles. The molecular weight excluding hydrogens is 428 g/mol. The van der Waals surface area contributed by atoms with Gasteiger partial charge in [0.2, 0.25) is 15.9 Å². The number of hydrogen-bond acceptors (Lipinski definition) is 6. The van der Waals surface area contributed by atoms with Crippen molar-refractivity contribution in [1.29, 1.82) is 0 Å². The topological polar surface area (TPSA) is 105 Å². The van der Waals surface area contributed by atoms with Crippen LogP contribution in [0, 0.1) is 6.92 Å². The smallest absolute Gasteiger partial charge is 0.322 e. The number of aryl methyl sites for hydroxylation is 1. The van der Waals surface area contributed by atoms with E-state index >= 15 is 0 Å². The Morgan fingerprint density at radius 1 is 1.09 bits per heavy atom. The summed E-state index contributed by atoms with van der Waals surface area (Å²) in [6.07, 6.45) is 3.22. The lowest BCUT2D eigenvalue weighted by Gasteiger charge is -2.32. The number of hydrogen-bond donors (Lipinski definition) is 1. The average molecular weight is 455 g/mol. The van der Waals surface area contributed by atoms with Gasteiger partial charge in [0.05, 0.1) is 11.3 Å². The SMILES string of the molecule is Cc1ccc(Cc2nnc(NC(=O)c3ccc(S(=O)(=O)N4CCCCC4C)cc3)o2)cc1. The van der Waals surface area contributed by atoms with Crippen LogP contribution in [0.15, 0.2) is 57.8 Å². The minimum Gasteiger partial charge on any atom is -0.407 e. The zero-order valence-corrected chi connectivity index (χ0v) is 18.9. The fourth-order valence-corrected chi connectivity index (χ4v) is 5.47. The first-order valence-electron chi connectivity index (χ1n) is 10.6. The fourth-order valence-electron chi connectivity index (χ4n) is 3.77. The van der Waals surface area contributed by atoms with Gasteiger partial charge in [-0.1, -0.05) is 41.3 Å². The molecule has 2 heterocycles. The maximum Gasteiger partial charge on any atom is 0.322 e. The van der Waals surface area contributed by atoms with Gasteiger partial charge in [-0.05, 0) is 56.5 Å². The first-order chi connectivity index (χ1) is 15.3. The van der Waals surface area contributed by atoms with Crippen molar-refractivity contribution in [3.05, 3.63) is 71.1 Å². The number of amides is 1. The molecule has 0 saturated carbocycles. The zero-order valence-electron chi connectivity index (χ0n) is 18.1. The minimum absolute atomic E-state index is 0.00375. The molecule has 1 amide bonds. The van der Waals surface area contributed by atoms with E-state index in [-0.39, 0.29) is 17.0 Å². The van der Waals surface area contributed by atoms with Crippen molar-refractivity contribution in [3.63, 3.8) is 0 Å². The number of rotatable bonds is 6. The third-order valence-corrected chi connectivity index (χ3v) is 7.66. The van der Waals surface area contributed by atoms with Crippen LogP contribution in [0.2, 0.25) is 0 Å². The number of nitrogens with one attached hydrogen (secondary N) is 1. The molecule has 32 heavy (non-hydrogen) atoms. The van der Waals surface area contributed by atoms with Gasteiger partial charge >= 0.3 is 6.01 Å². The summed E-state index contributed by atoms with van der Waals surface area (Å²) in [4.78, 5) is 12.7. The van der Waals surface area contributed by atoms with E-state index in [1.54, 1.807) is 4.31 Å². The standard InChI is InChI=1S/C23H26N4O4S/c1-16-6-8-18(9-7-16)15-21-25-26-23(31-21)24-22(28)19-10-12-20(13-11-19)32(29,30)27-14-4-3-5-17(27)2/h6-13,17H,3-5,14-15H2,1-2H3,(H,24,26,28). The lowest BCUT2D eigenvalue weighted by Crippen LogP contribution is -2.41. The zero-order chi connectivity index (χ0) is 22.7. The van der Waals surface area contributed by atoms with Crippen LogP contribution in [-0.4, -0.2) is 41.4 Å². The molecule has 1 saturated heterocycles. The van der Waals surface area contributed by atoms with Gasteiger partial charge in [0.1, 0.15) is 0 Å². The second-order valence-corrected chi connectivity index (χ2v) is 9.99. The van der Waals surface area contributed by atoms with Crippen LogP contribution in [-0.2, 0) is 16.4 Å². The Morgan fingerprint density at radius 2 is 1.81 bits per heavy atom. The van der Waals surface area contributed by atoms with E-state index in [1.807, 2.05) is 38.1 Å². The van der Waals surface area contributed by atoms with Gasteiger partial charge in [-0.15, -0.1) is 5.10 Å². The van der Waals surface area contributed by atoms with E-state index in [2.05, 4.69) is 15.5 Å². The summed E-state index contributed by atoms with van der Waals surface area (Å²) in [5, 5.41) is 10.4. The van der Waals surface area contributed by atoms with Crippen LogP contribution >= 0.6 is 0 Å². The van der Waals surface area contributed by atoms with Crippen LogP contribution in [0.25, 0.3) is 0 Å². The summed E-state index contributed by atoms with van der Waals surface area (Å²) < 4.78 is 32.9. The van der Waals surface area contributed by atoms with E-state index < -0.39 is 15.9 Å². The van der Waals surface area contributed by atoms with Gasteiger partial charge in [0.25, 0.3) is 5.91 Å². The van der Waals surface area contributed by atoms with Gasteiger partial charge in [0.15, 0.2) is 0 Å². The first kappa shape index (κ1) is 22.2. The van der Waals surface area contributed by atoms with E-state index in [1.165, 1.54) is 24.3 Å². The number of anilines is 1. The second kappa shape index (κ2) is 9.22. The third kappa shape index (κ3) is 4.89. The highest BCUT2D eigenvalue weighted by Gasteiger charge is 2.31. The number of aromatic nitrogens is 2. The molecule has 1 N–H and O–H groups in total. The molecule has 1 fully saturated rings. The molecule has 0 aliphatic carbocycles. The van der Waals surface area contributed by atoms with Crippen molar-refractivity contribution in [2.24, 2.45) is 0 Å². The molecule has 4 rings (SSSR count). The maximum absolute atomic E-state index is 12.9. The molecule has 168 valence electrons. The fraction of sp³-hybridized carbons (Fsp3) is 0.348. The van der Waals surface area contributed by atoms with Crippen LogP contribution in [0.3, 0.4) is 0 Å². The highest BCUT2D eigenvalue weighted by Crippen LogP contribution is 2.25. The van der Waals surface area contributed by atoms with Crippen molar-refractivity contribution in [2.45, 2.75) is 50.5 Å². The number of carbonyl (C=O) groups is 1. The second-order valence-electron chi connectivity index (χ2n) is 8.10. The van der Waals surface area contributed by atoms with Crippen molar-refractivity contribution in [3.8, 4) is 0 Å². The van der Waals surface area contributed by atoms with Crippen molar-refractivity contribution < 1.29 is 17.6 Å². The van der Waals surface area contributed by atoms with E-state index in [9.17, 15) is 13.2 Å². The number of nitrogens with zero attached hydrogens (tertiary/aromatic N) is 3. The molecule has 1 aliphatic rings. The molecule has 1 atom stereocenters. The Bertz CT molecular complexity index is 1190. The highest BCUT2D eigenvalue weighted by atomic mass is 32.2. The lowest BCUT2D eigenvalue weighted by atomic mass is 10.1.